The number of nitrogens with zero attached hydrogens (tertiary/aromatic N) is 2. The molecule has 0 saturated carbocycles. The van der Waals surface area contributed by atoms with Crippen molar-refractivity contribution >= 4 is 50.8 Å². The van der Waals surface area contributed by atoms with E-state index in [-0.39, 0.29) is 22.6 Å². The highest BCUT2D eigenvalue weighted by atomic mass is 32.2. The van der Waals surface area contributed by atoms with Crippen LogP contribution in [0.3, 0.4) is 0 Å². The lowest BCUT2D eigenvalue weighted by atomic mass is 9.98. The zero-order valence-corrected chi connectivity index (χ0v) is 19.9. The Morgan fingerprint density at radius 2 is 1.97 bits per heavy atom. The van der Waals surface area contributed by atoms with Gasteiger partial charge in [-0.15, -0.1) is 11.3 Å². The number of nitro groups is 1. The fourth-order valence-electron chi connectivity index (χ4n) is 3.07. The van der Waals surface area contributed by atoms with Crippen LogP contribution in [-0.4, -0.2) is 32.5 Å². The quantitative estimate of drug-likeness (QED) is 0.190. The first-order valence-corrected chi connectivity index (χ1v) is 12.0. The summed E-state index contributed by atoms with van der Waals surface area (Å²) in [5, 5.41) is 11.6. The van der Waals surface area contributed by atoms with Gasteiger partial charge < -0.3 is 4.98 Å². The first kappa shape index (κ1) is 24.4. The number of thioether (sulfide) groups is 1. The summed E-state index contributed by atoms with van der Waals surface area (Å²) in [6.45, 7) is 6.25. The van der Waals surface area contributed by atoms with Crippen molar-refractivity contribution in [3.05, 3.63) is 60.7 Å². The number of hydrogen-bond donors (Lipinski definition) is 3. The van der Waals surface area contributed by atoms with Gasteiger partial charge in [-0.1, -0.05) is 32.0 Å². The summed E-state index contributed by atoms with van der Waals surface area (Å²) >= 11 is 2.51. The summed E-state index contributed by atoms with van der Waals surface area (Å²) in [5.41, 5.74) is 5.34. The number of rotatable bonds is 8. The van der Waals surface area contributed by atoms with E-state index in [0.29, 0.717) is 21.3 Å². The predicted molar refractivity (Wildman–Crippen MR) is 128 cm³/mol. The largest absolute Gasteiger partial charge is 0.301 e. The molecule has 1 aromatic carbocycles. The minimum Gasteiger partial charge on any atom is -0.301 e. The van der Waals surface area contributed by atoms with E-state index in [1.807, 2.05) is 6.92 Å². The minimum absolute atomic E-state index is 0.0843. The topological polar surface area (TPSA) is 147 Å². The maximum Gasteiger partial charge on any atom is 0.269 e. The number of H-pyrrole nitrogens is 1. The highest BCUT2D eigenvalue weighted by molar-refractivity contribution is 7.99. The number of non-ortho nitro benzene ring substituents is 1. The molecule has 2 amide bonds. The van der Waals surface area contributed by atoms with Crippen LogP contribution in [0.1, 0.15) is 41.1 Å². The summed E-state index contributed by atoms with van der Waals surface area (Å²) in [6, 6.07) is 4.98. The van der Waals surface area contributed by atoms with Crippen molar-refractivity contribution in [2.45, 2.75) is 38.8 Å². The van der Waals surface area contributed by atoms with Crippen LogP contribution in [0.4, 0.5) is 5.69 Å². The number of aromatic nitrogens is 2. The molecule has 0 bridgehead atoms. The number of aromatic amines is 1. The second-order valence-electron chi connectivity index (χ2n) is 7.50. The molecule has 3 rings (SSSR count). The van der Waals surface area contributed by atoms with Gasteiger partial charge in [0.1, 0.15) is 4.83 Å². The molecule has 1 unspecified atom stereocenters. The number of amides is 2. The summed E-state index contributed by atoms with van der Waals surface area (Å²) in [7, 11) is 0. The number of carbonyl (C=O) groups excluding carboxylic acids is 2. The Hall–Kier alpha value is -3.25. The highest BCUT2D eigenvalue weighted by Gasteiger charge is 2.17. The number of benzene rings is 1. The molecule has 3 N–H and O–H groups in total. The molecular formula is C21H23N5O5S2. The molecule has 1 atom stereocenters. The van der Waals surface area contributed by atoms with Crippen LogP contribution in [-0.2, 0) is 11.2 Å². The van der Waals surface area contributed by atoms with Gasteiger partial charge in [0.15, 0.2) is 5.16 Å². The third-order valence-corrected chi connectivity index (χ3v) is 7.00. The zero-order valence-electron chi connectivity index (χ0n) is 18.3. The fourth-order valence-corrected chi connectivity index (χ4v) is 4.84. The molecule has 0 spiro atoms. The molecule has 0 aliphatic heterocycles. The molecule has 2 aromatic heterocycles. The van der Waals surface area contributed by atoms with Crippen LogP contribution in [0.25, 0.3) is 10.2 Å². The van der Waals surface area contributed by atoms with Crippen molar-refractivity contribution in [1.82, 2.24) is 20.8 Å². The van der Waals surface area contributed by atoms with Gasteiger partial charge in [0.2, 0.25) is 5.91 Å². The Bertz CT molecular complexity index is 1250. The van der Waals surface area contributed by atoms with Crippen LogP contribution in [0.2, 0.25) is 0 Å². The Kier molecular flexibility index (Phi) is 7.82. The smallest absolute Gasteiger partial charge is 0.269 e. The highest BCUT2D eigenvalue weighted by Crippen LogP contribution is 2.30. The van der Waals surface area contributed by atoms with Gasteiger partial charge in [-0.05, 0) is 37.0 Å². The number of hydrazine groups is 1. The van der Waals surface area contributed by atoms with Crippen molar-refractivity contribution in [2.24, 2.45) is 5.92 Å². The lowest BCUT2D eigenvalue weighted by Gasteiger charge is -2.08. The number of aryl methyl sites for hydroxylation is 1. The monoisotopic (exact) mass is 489 g/mol. The van der Waals surface area contributed by atoms with Crippen LogP contribution < -0.4 is 16.4 Å². The van der Waals surface area contributed by atoms with E-state index < -0.39 is 16.7 Å². The third-order valence-electron chi connectivity index (χ3n) is 5.09. The van der Waals surface area contributed by atoms with Crippen molar-refractivity contribution < 1.29 is 14.5 Å². The van der Waals surface area contributed by atoms with Crippen molar-refractivity contribution in [3.63, 3.8) is 0 Å². The molecule has 0 radical (unpaired) electrons. The van der Waals surface area contributed by atoms with Crippen molar-refractivity contribution in [3.8, 4) is 0 Å². The second kappa shape index (κ2) is 10.6. The summed E-state index contributed by atoms with van der Waals surface area (Å²) in [6.07, 6.45) is 1.84. The fraction of sp³-hybridized carbons (Fsp3) is 0.333. The molecule has 0 aliphatic rings. The number of fused-ring (bicyclic) bond motifs is 1. The molecule has 3 aromatic rings. The molecule has 0 aliphatic carbocycles. The van der Waals surface area contributed by atoms with E-state index in [1.54, 1.807) is 0 Å². The summed E-state index contributed by atoms with van der Waals surface area (Å²) < 4.78 is 0. The van der Waals surface area contributed by atoms with Gasteiger partial charge in [-0.2, -0.15) is 0 Å². The molecule has 2 heterocycles. The van der Waals surface area contributed by atoms with Crippen LogP contribution in [0.5, 0.6) is 0 Å². The Balaban J connectivity index is 1.59. The van der Waals surface area contributed by atoms with E-state index in [4.69, 9.17) is 0 Å². The van der Waals surface area contributed by atoms with Gasteiger partial charge in [0.05, 0.1) is 16.1 Å². The van der Waals surface area contributed by atoms with Gasteiger partial charge in [-0.3, -0.25) is 35.3 Å². The summed E-state index contributed by atoms with van der Waals surface area (Å²) in [5.74, 6) is -0.740. The summed E-state index contributed by atoms with van der Waals surface area (Å²) in [4.78, 5) is 55.9. The Morgan fingerprint density at radius 3 is 2.61 bits per heavy atom. The Labute approximate surface area is 197 Å². The van der Waals surface area contributed by atoms with Crippen LogP contribution in [0.15, 0.2) is 34.2 Å². The lowest BCUT2D eigenvalue weighted by molar-refractivity contribution is -0.384. The second-order valence-corrected chi connectivity index (χ2v) is 9.67. The zero-order chi connectivity index (χ0) is 24.1. The maximum absolute atomic E-state index is 12.7. The van der Waals surface area contributed by atoms with E-state index in [1.165, 1.54) is 35.6 Å². The number of thiophene rings is 1. The number of carbonyl (C=O) groups is 2. The van der Waals surface area contributed by atoms with Crippen molar-refractivity contribution in [2.75, 3.05) is 5.75 Å². The van der Waals surface area contributed by atoms with Crippen molar-refractivity contribution in [1.29, 1.82) is 0 Å². The van der Waals surface area contributed by atoms with E-state index >= 15 is 0 Å². The van der Waals surface area contributed by atoms with E-state index in [2.05, 4.69) is 34.7 Å². The van der Waals surface area contributed by atoms with Gasteiger partial charge >= 0.3 is 0 Å². The van der Waals surface area contributed by atoms with Crippen LogP contribution in [0, 0.1) is 23.0 Å². The number of hydrogen-bond acceptors (Lipinski definition) is 8. The van der Waals surface area contributed by atoms with Gasteiger partial charge in [0, 0.05) is 22.6 Å². The molecule has 10 nitrogen and oxygen atoms in total. The predicted octanol–water partition coefficient (Wildman–Crippen LogP) is 3.34. The Morgan fingerprint density at radius 1 is 1.27 bits per heavy atom. The normalized spacial score (nSPS) is 11.8. The molecule has 0 saturated heterocycles. The lowest BCUT2D eigenvalue weighted by Crippen LogP contribution is -2.42. The maximum atomic E-state index is 12.7. The van der Waals surface area contributed by atoms with Gasteiger partial charge in [0.25, 0.3) is 17.2 Å². The first-order valence-electron chi connectivity index (χ1n) is 10.2. The average Bonchev–Trinajstić information content (AvgIpc) is 3.11. The molecule has 12 heteroatoms. The molecule has 174 valence electrons. The average molecular weight is 490 g/mol. The van der Waals surface area contributed by atoms with E-state index in [0.717, 1.165) is 35.0 Å². The molecule has 0 fully saturated rings. The van der Waals surface area contributed by atoms with E-state index in [9.17, 15) is 24.5 Å². The van der Waals surface area contributed by atoms with Gasteiger partial charge in [-0.25, -0.2) is 4.98 Å². The third kappa shape index (κ3) is 5.96. The van der Waals surface area contributed by atoms with Crippen LogP contribution >= 0.6 is 23.1 Å². The number of nitrogens with one attached hydrogen (secondary N) is 3. The minimum atomic E-state index is -0.612. The first-order chi connectivity index (χ1) is 15.7. The SMILES string of the molecule is CCC(C)Cc1c(C)sc2nc(SCC(=O)NNC(=O)c3ccc([N+](=O)[O-])cc3)[nH]c(=O)c12. The molecule has 33 heavy (non-hydrogen) atoms. The standard InChI is InChI=1S/C21H23N5O5S2/c1-4-11(2)9-15-12(3)33-20-17(15)19(29)22-21(23-20)32-10-16(27)24-25-18(28)13-5-7-14(8-6-13)26(30)31/h5-8,11H,4,9-10H2,1-3H3,(H,24,27)(H,25,28)(H,22,23,29). The molecular weight excluding hydrogens is 466 g/mol. The number of nitro benzene ring substituents is 1.